The molecule has 1 N–H and O–H groups in total. The zero-order valence-corrected chi connectivity index (χ0v) is 13.9. The summed E-state index contributed by atoms with van der Waals surface area (Å²) in [5.74, 6) is 1.53. The first-order chi connectivity index (χ1) is 9.04. The minimum atomic E-state index is 0.692. The van der Waals surface area contributed by atoms with Gasteiger partial charge in [0, 0.05) is 25.2 Å². The van der Waals surface area contributed by atoms with Crippen molar-refractivity contribution in [3.05, 3.63) is 0 Å². The first-order valence-electron chi connectivity index (χ1n) is 8.46. The number of nitrogens with zero attached hydrogens (tertiary/aromatic N) is 1. The zero-order valence-electron chi connectivity index (χ0n) is 13.9. The minimum absolute atomic E-state index is 0.692. The van der Waals surface area contributed by atoms with Crippen LogP contribution in [0.4, 0.5) is 0 Å². The Morgan fingerprint density at radius 2 is 1.42 bits per heavy atom. The zero-order chi connectivity index (χ0) is 14.3. The summed E-state index contributed by atoms with van der Waals surface area (Å²) in [6.45, 7) is 11.9. The molecule has 0 heterocycles. The Kier molecular flexibility index (Phi) is 8.01. The number of hydrogen-bond donors (Lipinski definition) is 1. The molecule has 2 unspecified atom stereocenters. The van der Waals surface area contributed by atoms with E-state index in [2.05, 4.69) is 45.0 Å². The van der Waals surface area contributed by atoms with Gasteiger partial charge in [-0.3, -0.25) is 4.90 Å². The Hall–Kier alpha value is -0.0800. The fraction of sp³-hybridized carbons (Fsp3) is 1.00. The van der Waals surface area contributed by atoms with Crippen LogP contribution >= 0.6 is 0 Å². The van der Waals surface area contributed by atoms with Gasteiger partial charge in [0.15, 0.2) is 0 Å². The second-order valence-electron chi connectivity index (χ2n) is 7.20. The van der Waals surface area contributed by atoms with Gasteiger partial charge >= 0.3 is 0 Å². The first kappa shape index (κ1) is 17.0. The smallest absolute Gasteiger partial charge is 0.0249 e. The summed E-state index contributed by atoms with van der Waals surface area (Å²) in [6.07, 6.45) is 8.41. The van der Waals surface area contributed by atoms with E-state index in [9.17, 15) is 0 Å². The molecule has 1 fully saturated rings. The molecule has 2 atom stereocenters. The summed E-state index contributed by atoms with van der Waals surface area (Å²) in [5, 5.41) is 3.61. The third kappa shape index (κ3) is 6.27. The third-order valence-corrected chi connectivity index (χ3v) is 4.27. The summed E-state index contributed by atoms with van der Waals surface area (Å²) < 4.78 is 0. The van der Waals surface area contributed by atoms with Crippen LogP contribution in [0.15, 0.2) is 0 Å². The molecule has 1 aliphatic rings. The largest absolute Gasteiger partial charge is 0.315 e. The maximum Gasteiger partial charge on any atom is 0.0249 e. The molecule has 0 saturated heterocycles. The molecule has 1 saturated carbocycles. The predicted molar refractivity (Wildman–Crippen MR) is 85.6 cm³/mol. The van der Waals surface area contributed by atoms with Crippen molar-refractivity contribution in [1.29, 1.82) is 0 Å². The van der Waals surface area contributed by atoms with Crippen LogP contribution in [0.3, 0.4) is 0 Å². The van der Waals surface area contributed by atoms with Gasteiger partial charge in [-0.1, -0.05) is 53.4 Å². The second-order valence-corrected chi connectivity index (χ2v) is 7.20. The summed E-state index contributed by atoms with van der Waals surface area (Å²) in [4.78, 5) is 2.78. The van der Waals surface area contributed by atoms with E-state index in [1.54, 1.807) is 0 Å². The maximum atomic E-state index is 3.61. The number of hydrogen-bond acceptors (Lipinski definition) is 2. The fourth-order valence-electron chi connectivity index (χ4n) is 3.52. The monoisotopic (exact) mass is 268 g/mol. The standard InChI is InChI=1S/C17H36N2/c1-14(2)12-19(13-15(3)4)17-11-9-7-6-8-10-16(17)18-5/h14-18H,6-13H2,1-5H3. The third-order valence-electron chi connectivity index (χ3n) is 4.27. The molecule has 0 aromatic heterocycles. The number of likely N-dealkylation sites (N-methyl/N-ethyl adjacent to an activating group) is 1. The molecular weight excluding hydrogens is 232 g/mol. The lowest BCUT2D eigenvalue weighted by Crippen LogP contribution is -2.51. The fourth-order valence-corrected chi connectivity index (χ4v) is 3.52. The molecule has 0 spiro atoms. The molecule has 0 aromatic carbocycles. The van der Waals surface area contributed by atoms with Crippen molar-refractivity contribution in [2.45, 2.75) is 78.3 Å². The van der Waals surface area contributed by atoms with Crippen LogP contribution in [0.25, 0.3) is 0 Å². The Bertz CT molecular complexity index is 215. The van der Waals surface area contributed by atoms with Gasteiger partial charge in [-0.25, -0.2) is 0 Å². The Labute approximate surface area is 121 Å². The highest BCUT2D eigenvalue weighted by Crippen LogP contribution is 2.23. The lowest BCUT2D eigenvalue weighted by atomic mass is 9.90. The van der Waals surface area contributed by atoms with Crippen LogP contribution in [0.1, 0.15) is 66.2 Å². The van der Waals surface area contributed by atoms with Gasteiger partial charge in [0.2, 0.25) is 0 Å². The van der Waals surface area contributed by atoms with Crippen LogP contribution in [0, 0.1) is 11.8 Å². The quantitative estimate of drug-likeness (QED) is 0.785. The normalized spacial score (nSPS) is 25.9. The number of nitrogens with one attached hydrogen (secondary N) is 1. The SMILES string of the molecule is CNC1CCCCCCC1N(CC(C)C)CC(C)C. The van der Waals surface area contributed by atoms with Gasteiger partial charge in [0.1, 0.15) is 0 Å². The van der Waals surface area contributed by atoms with Crippen molar-refractivity contribution in [2.75, 3.05) is 20.1 Å². The molecule has 0 aliphatic heterocycles. The Balaban J connectivity index is 2.73. The van der Waals surface area contributed by atoms with E-state index in [1.165, 1.54) is 51.6 Å². The van der Waals surface area contributed by atoms with E-state index >= 15 is 0 Å². The lowest BCUT2D eigenvalue weighted by Gasteiger charge is -2.40. The number of rotatable bonds is 6. The highest BCUT2D eigenvalue weighted by Gasteiger charge is 2.27. The molecule has 19 heavy (non-hydrogen) atoms. The highest BCUT2D eigenvalue weighted by atomic mass is 15.2. The van der Waals surface area contributed by atoms with Gasteiger partial charge in [0.05, 0.1) is 0 Å². The highest BCUT2D eigenvalue weighted by molar-refractivity contribution is 4.86. The van der Waals surface area contributed by atoms with Crippen molar-refractivity contribution in [3.8, 4) is 0 Å². The van der Waals surface area contributed by atoms with Gasteiger partial charge < -0.3 is 5.32 Å². The van der Waals surface area contributed by atoms with E-state index in [4.69, 9.17) is 0 Å². The molecule has 0 radical (unpaired) electrons. The molecule has 114 valence electrons. The van der Waals surface area contributed by atoms with Crippen LogP contribution in [0.5, 0.6) is 0 Å². The molecular formula is C17H36N2. The minimum Gasteiger partial charge on any atom is -0.315 e. The van der Waals surface area contributed by atoms with Crippen molar-refractivity contribution < 1.29 is 0 Å². The Morgan fingerprint density at radius 1 is 0.895 bits per heavy atom. The summed E-state index contributed by atoms with van der Waals surface area (Å²) >= 11 is 0. The van der Waals surface area contributed by atoms with Crippen LogP contribution in [-0.2, 0) is 0 Å². The molecule has 0 aromatic rings. The molecule has 1 aliphatic carbocycles. The van der Waals surface area contributed by atoms with Crippen molar-refractivity contribution in [1.82, 2.24) is 10.2 Å². The van der Waals surface area contributed by atoms with Crippen LogP contribution in [-0.4, -0.2) is 37.1 Å². The molecule has 2 heteroatoms. The van der Waals surface area contributed by atoms with Gasteiger partial charge in [-0.05, 0) is 31.7 Å². The molecule has 0 amide bonds. The molecule has 2 nitrogen and oxygen atoms in total. The van der Waals surface area contributed by atoms with Gasteiger partial charge in [-0.2, -0.15) is 0 Å². The van der Waals surface area contributed by atoms with Crippen molar-refractivity contribution in [3.63, 3.8) is 0 Å². The van der Waals surface area contributed by atoms with E-state index in [-0.39, 0.29) is 0 Å². The average molecular weight is 268 g/mol. The first-order valence-corrected chi connectivity index (χ1v) is 8.46. The average Bonchev–Trinajstić information content (AvgIpc) is 2.26. The topological polar surface area (TPSA) is 15.3 Å². The predicted octanol–water partition coefficient (Wildman–Crippen LogP) is 3.91. The summed E-state index contributed by atoms with van der Waals surface area (Å²) in [6, 6.07) is 1.44. The summed E-state index contributed by atoms with van der Waals surface area (Å²) in [7, 11) is 2.15. The molecule has 0 bridgehead atoms. The Morgan fingerprint density at radius 3 is 1.89 bits per heavy atom. The van der Waals surface area contributed by atoms with E-state index in [0.717, 1.165) is 17.9 Å². The van der Waals surface area contributed by atoms with Gasteiger partial charge in [-0.15, -0.1) is 0 Å². The second kappa shape index (κ2) is 8.97. The lowest BCUT2D eigenvalue weighted by molar-refractivity contribution is 0.109. The van der Waals surface area contributed by atoms with Crippen molar-refractivity contribution >= 4 is 0 Å². The van der Waals surface area contributed by atoms with E-state index in [1.807, 2.05) is 0 Å². The van der Waals surface area contributed by atoms with Gasteiger partial charge in [0.25, 0.3) is 0 Å². The molecule has 1 rings (SSSR count). The van der Waals surface area contributed by atoms with Crippen LogP contribution in [0.2, 0.25) is 0 Å². The van der Waals surface area contributed by atoms with E-state index < -0.39 is 0 Å². The van der Waals surface area contributed by atoms with Crippen molar-refractivity contribution in [2.24, 2.45) is 11.8 Å². The maximum absolute atomic E-state index is 3.61. The van der Waals surface area contributed by atoms with E-state index in [0.29, 0.717) is 6.04 Å². The van der Waals surface area contributed by atoms with Crippen LogP contribution < -0.4 is 5.32 Å². The summed E-state index contributed by atoms with van der Waals surface area (Å²) in [5.41, 5.74) is 0.